The summed E-state index contributed by atoms with van der Waals surface area (Å²) in [4.78, 5) is 0. The molecule has 0 aliphatic rings. The Hall–Kier alpha value is -0.840. The number of halogens is 2. The van der Waals surface area contributed by atoms with Crippen LogP contribution < -0.4 is 10.1 Å². The predicted molar refractivity (Wildman–Crippen MR) is 56.9 cm³/mol. The second-order valence-corrected chi connectivity index (χ2v) is 3.30. The molecule has 1 aromatic rings. The van der Waals surface area contributed by atoms with Crippen LogP contribution in [-0.4, -0.2) is 31.4 Å². The smallest absolute Gasteiger partial charge is 0.138 e. The van der Waals surface area contributed by atoms with Crippen LogP contribution in [0.15, 0.2) is 18.2 Å². The number of ether oxygens (including phenoxy) is 1. The molecule has 3 nitrogen and oxygen atoms in total. The van der Waals surface area contributed by atoms with Crippen LogP contribution in [0.1, 0.15) is 0 Å². The maximum atomic E-state index is 12.7. The number of hydrogen-bond acceptors (Lipinski definition) is 3. The molecule has 15 heavy (non-hydrogen) atoms. The molecule has 0 atom stereocenters. The first-order valence-corrected chi connectivity index (χ1v) is 5.01. The van der Waals surface area contributed by atoms with Crippen LogP contribution in [0.25, 0.3) is 0 Å². The molecule has 0 unspecified atom stereocenters. The minimum atomic E-state index is -0.384. The van der Waals surface area contributed by atoms with Gasteiger partial charge in [0.1, 0.15) is 18.2 Å². The maximum Gasteiger partial charge on any atom is 0.138 e. The van der Waals surface area contributed by atoms with Crippen LogP contribution in [0.4, 0.5) is 4.39 Å². The Morgan fingerprint density at radius 2 is 2.20 bits per heavy atom. The molecule has 0 aliphatic heterocycles. The van der Waals surface area contributed by atoms with Crippen molar-refractivity contribution in [2.75, 3.05) is 26.3 Å². The van der Waals surface area contributed by atoms with Gasteiger partial charge in [-0.15, -0.1) is 0 Å². The highest BCUT2D eigenvalue weighted by molar-refractivity contribution is 6.32. The summed E-state index contributed by atoms with van der Waals surface area (Å²) in [5.74, 6) is 0.0784. The molecule has 0 aliphatic carbocycles. The Bertz CT molecular complexity index is 309. The van der Waals surface area contributed by atoms with Crippen molar-refractivity contribution in [1.82, 2.24) is 5.32 Å². The molecule has 84 valence electrons. The summed E-state index contributed by atoms with van der Waals surface area (Å²) < 4.78 is 18.0. The highest BCUT2D eigenvalue weighted by Gasteiger charge is 2.02. The maximum absolute atomic E-state index is 12.7. The summed E-state index contributed by atoms with van der Waals surface area (Å²) >= 11 is 5.74. The van der Waals surface area contributed by atoms with Crippen LogP contribution >= 0.6 is 11.6 Å². The van der Waals surface area contributed by atoms with E-state index >= 15 is 0 Å². The lowest BCUT2D eigenvalue weighted by Crippen LogP contribution is -2.24. The lowest BCUT2D eigenvalue weighted by molar-refractivity contribution is 0.276. The third-order valence-electron chi connectivity index (χ3n) is 1.72. The zero-order chi connectivity index (χ0) is 11.1. The van der Waals surface area contributed by atoms with Gasteiger partial charge in [0.25, 0.3) is 0 Å². The van der Waals surface area contributed by atoms with Crippen LogP contribution in [-0.2, 0) is 0 Å². The van der Waals surface area contributed by atoms with Crippen molar-refractivity contribution in [1.29, 1.82) is 0 Å². The first-order chi connectivity index (χ1) is 7.24. The van der Waals surface area contributed by atoms with Crippen molar-refractivity contribution in [3.63, 3.8) is 0 Å². The molecule has 5 heteroatoms. The summed E-state index contributed by atoms with van der Waals surface area (Å²) in [6.45, 7) is 1.65. The van der Waals surface area contributed by atoms with E-state index in [0.717, 1.165) is 0 Å². The van der Waals surface area contributed by atoms with Gasteiger partial charge in [-0.1, -0.05) is 11.6 Å². The van der Waals surface area contributed by atoms with Crippen LogP contribution in [0.5, 0.6) is 5.75 Å². The van der Waals surface area contributed by atoms with Gasteiger partial charge >= 0.3 is 0 Å². The molecular weight excluding hydrogens is 221 g/mol. The van der Waals surface area contributed by atoms with E-state index in [2.05, 4.69) is 5.32 Å². The minimum Gasteiger partial charge on any atom is -0.491 e. The normalized spacial score (nSPS) is 10.3. The summed E-state index contributed by atoms with van der Waals surface area (Å²) in [6, 6.07) is 3.99. The standard InChI is InChI=1S/C10H13ClFNO2/c11-9-7-8(12)1-2-10(9)15-6-4-13-3-5-14/h1-2,7,13-14H,3-6H2. The van der Waals surface area contributed by atoms with E-state index in [4.69, 9.17) is 21.4 Å². The number of aliphatic hydroxyl groups is 1. The van der Waals surface area contributed by atoms with Crippen molar-refractivity contribution in [2.24, 2.45) is 0 Å². The van der Waals surface area contributed by atoms with Crippen LogP contribution in [0.2, 0.25) is 5.02 Å². The van der Waals surface area contributed by atoms with E-state index in [1.165, 1.54) is 18.2 Å². The second-order valence-electron chi connectivity index (χ2n) is 2.90. The first-order valence-electron chi connectivity index (χ1n) is 4.63. The lowest BCUT2D eigenvalue weighted by atomic mass is 10.3. The number of aliphatic hydroxyl groups excluding tert-OH is 1. The van der Waals surface area contributed by atoms with Gasteiger partial charge < -0.3 is 15.2 Å². The Kier molecular flexibility index (Phi) is 5.39. The minimum absolute atomic E-state index is 0.0945. The molecule has 1 rings (SSSR count). The van der Waals surface area contributed by atoms with Gasteiger partial charge in [0.05, 0.1) is 11.6 Å². The first kappa shape index (κ1) is 12.2. The van der Waals surface area contributed by atoms with Gasteiger partial charge in [0.2, 0.25) is 0 Å². The SMILES string of the molecule is OCCNCCOc1ccc(F)cc1Cl. The molecule has 0 fully saturated rings. The Balaban J connectivity index is 2.31. The van der Waals surface area contributed by atoms with Crippen LogP contribution in [0.3, 0.4) is 0 Å². The topological polar surface area (TPSA) is 41.5 Å². The molecule has 0 radical (unpaired) electrons. The van der Waals surface area contributed by atoms with E-state index < -0.39 is 0 Å². The van der Waals surface area contributed by atoms with E-state index in [0.29, 0.717) is 25.4 Å². The average molecular weight is 234 g/mol. The van der Waals surface area contributed by atoms with Crippen molar-refractivity contribution < 1.29 is 14.2 Å². The fourth-order valence-electron chi connectivity index (χ4n) is 1.03. The van der Waals surface area contributed by atoms with E-state index in [-0.39, 0.29) is 17.4 Å². The lowest BCUT2D eigenvalue weighted by Gasteiger charge is -2.08. The summed E-state index contributed by atoms with van der Waals surface area (Å²) in [6.07, 6.45) is 0. The van der Waals surface area contributed by atoms with Gasteiger partial charge in [-0.3, -0.25) is 0 Å². The number of benzene rings is 1. The molecule has 2 N–H and O–H groups in total. The molecule has 0 spiro atoms. The third kappa shape index (κ3) is 4.46. The molecule has 0 saturated heterocycles. The van der Waals surface area contributed by atoms with Gasteiger partial charge in [0.15, 0.2) is 0 Å². The van der Waals surface area contributed by atoms with E-state index in [1.807, 2.05) is 0 Å². The average Bonchev–Trinajstić information content (AvgIpc) is 2.20. The van der Waals surface area contributed by atoms with Gasteiger partial charge in [-0.05, 0) is 18.2 Å². The van der Waals surface area contributed by atoms with Gasteiger partial charge in [0, 0.05) is 13.1 Å². The molecule has 0 amide bonds. The second kappa shape index (κ2) is 6.61. The number of rotatable bonds is 6. The third-order valence-corrected chi connectivity index (χ3v) is 2.01. The van der Waals surface area contributed by atoms with Gasteiger partial charge in [-0.2, -0.15) is 0 Å². The van der Waals surface area contributed by atoms with Crippen molar-refractivity contribution >= 4 is 11.6 Å². The number of hydrogen-bond donors (Lipinski definition) is 2. The monoisotopic (exact) mass is 233 g/mol. The van der Waals surface area contributed by atoms with Crippen molar-refractivity contribution in [3.8, 4) is 5.75 Å². The van der Waals surface area contributed by atoms with Crippen LogP contribution in [0, 0.1) is 5.82 Å². The van der Waals surface area contributed by atoms with Gasteiger partial charge in [-0.25, -0.2) is 4.39 Å². The summed E-state index contributed by atoms with van der Waals surface area (Å²) in [5.41, 5.74) is 0. The predicted octanol–water partition coefficient (Wildman–Crippen LogP) is 1.44. The highest BCUT2D eigenvalue weighted by atomic mass is 35.5. The summed E-state index contributed by atoms with van der Waals surface area (Å²) in [5, 5.41) is 11.7. The number of nitrogens with one attached hydrogen (secondary N) is 1. The fraction of sp³-hybridized carbons (Fsp3) is 0.400. The largest absolute Gasteiger partial charge is 0.491 e. The van der Waals surface area contributed by atoms with Crippen molar-refractivity contribution in [3.05, 3.63) is 29.0 Å². The Morgan fingerprint density at radius 3 is 2.87 bits per heavy atom. The Labute approximate surface area is 92.8 Å². The van der Waals surface area contributed by atoms with E-state index in [9.17, 15) is 4.39 Å². The zero-order valence-electron chi connectivity index (χ0n) is 8.17. The molecule has 0 bridgehead atoms. The molecular formula is C10H13ClFNO2. The Morgan fingerprint density at radius 1 is 1.40 bits per heavy atom. The highest BCUT2D eigenvalue weighted by Crippen LogP contribution is 2.24. The summed E-state index contributed by atoms with van der Waals surface area (Å²) in [7, 11) is 0. The molecule has 0 saturated carbocycles. The molecule has 0 heterocycles. The van der Waals surface area contributed by atoms with E-state index in [1.54, 1.807) is 0 Å². The quantitative estimate of drug-likeness (QED) is 0.731. The molecule has 1 aromatic carbocycles. The fourth-order valence-corrected chi connectivity index (χ4v) is 1.25. The molecule has 0 aromatic heterocycles. The zero-order valence-corrected chi connectivity index (χ0v) is 8.93. The van der Waals surface area contributed by atoms with Crippen molar-refractivity contribution in [2.45, 2.75) is 0 Å².